The lowest BCUT2D eigenvalue weighted by Gasteiger charge is -2.37. The van der Waals surface area contributed by atoms with Crippen molar-refractivity contribution in [2.24, 2.45) is 0 Å². The van der Waals surface area contributed by atoms with Crippen molar-refractivity contribution >= 4 is 23.1 Å². The van der Waals surface area contributed by atoms with Crippen LogP contribution in [0.1, 0.15) is 42.1 Å². The number of Topliss-reactive ketones (excluding diaryl/α,β-unsaturated/α-hetero) is 1. The van der Waals surface area contributed by atoms with Gasteiger partial charge in [-0.05, 0) is 44.4 Å². The number of likely N-dealkylation sites (tertiary alicyclic amines) is 1. The first-order chi connectivity index (χ1) is 14.3. The number of rotatable bonds is 7. The molecular weight excluding hydrogens is 406 g/mol. The Balaban J connectivity index is 2.23. The molecule has 0 unspecified atom stereocenters. The number of benzene rings is 1. The molecule has 0 saturated carbocycles. The largest absolute Gasteiger partial charge is 0.496 e. The van der Waals surface area contributed by atoms with Crippen molar-refractivity contribution in [1.82, 2.24) is 4.90 Å². The van der Waals surface area contributed by atoms with E-state index in [1.165, 1.54) is 32.3 Å². The van der Waals surface area contributed by atoms with Gasteiger partial charge in [-0.25, -0.2) is 0 Å². The highest BCUT2D eigenvalue weighted by Gasteiger charge is 2.38. The van der Waals surface area contributed by atoms with E-state index in [4.69, 9.17) is 18.9 Å². The average molecular weight is 434 g/mol. The first-order valence-electron chi connectivity index (χ1n) is 9.72. The summed E-state index contributed by atoms with van der Waals surface area (Å²) in [4.78, 5) is 26.5. The number of hydrogen-bond acceptors (Lipinski definition) is 8. The lowest BCUT2D eigenvalue weighted by molar-refractivity contribution is -0.149. The summed E-state index contributed by atoms with van der Waals surface area (Å²) in [5.41, 5.74) is 1.07. The second-order valence-corrected chi connectivity index (χ2v) is 8.20. The standard InChI is InChI=1S/C22H27NO6S/c1-13(24)20-16(26-4)11-17(27-5)21(22(20)29-19-7-6-10-30-19)15-8-9-23(3)12-18(15)28-14(2)25/h6-7,10-11,15,18H,8-9,12H2,1-5H3/t15-,18+/m0/s1. The molecule has 1 aromatic carbocycles. The Morgan fingerprint density at radius 1 is 1.17 bits per heavy atom. The molecule has 1 aliphatic heterocycles. The van der Waals surface area contributed by atoms with Gasteiger partial charge in [0.15, 0.2) is 16.6 Å². The van der Waals surface area contributed by atoms with Crippen LogP contribution in [0.15, 0.2) is 23.6 Å². The van der Waals surface area contributed by atoms with Gasteiger partial charge < -0.3 is 23.8 Å². The number of piperidine rings is 1. The van der Waals surface area contributed by atoms with Crippen molar-refractivity contribution in [2.45, 2.75) is 32.3 Å². The van der Waals surface area contributed by atoms with Crippen molar-refractivity contribution in [3.05, 3.63) is 34.7 Å². The molecule has 1 saturated heterocycles. The van der Waals surface area contributed by atoms with E-state index in [2.05, 4.69) is 4.90 Å². The summed E-state index contributed by atoms with van der Waals surface area (Å²) in [5, 5.41) is 2.54. The molecule has 0 N–H and O–H groups in total. The fourth-order valence-corrected chi connectivity index (χ4v) is 4.48. The van der Waals surface area contributed by atoms with Crippen LogP contribution in [0.25, 0.3) is 0 Å². The normalized spacial score (nSPS) is 19.2. The lowest BCUT2D eigenvalue weighted by Crippen LogP contribution is -2.43. The van der Waals surface area contributed by atoms with Gasteiger partial charge in [-0.2, -0.15) is 0 Å². The molecule has 7 nitrogen and oxygen atoms in total. The Kier molecular flexibility index (Phi) is 6.99. The molecule has 0 radical (unpaired) electrons. The van der Waals surface area contributed by atoms with Gasteiger partial charge in [0.1, 0.15) is 23.2 Å². The predicted octanol–water partition coefficient (Wildman–Crippen LogP) is 4.11. The Morgan fingerprint density at radius 3 is 2.47 bits per heavy atom. The molecule has 0 bridgehead atoms. The molecule has 1 aliphatic rings. The van der Waals surface area contributed by atoms with Crippen LogP contribution in [0.3, 0.4) is 0 Å². The molecular formula is C22H27NO6S. The zero-order valence-electron chi connectivity index (χ0n) is 17.9. The van der Waals surface area contributed by atoms with Crippen LogP contribution in [0, 0.1) is 0 Å². The van der Waals surface area contributed by atoms with Crippen LogP contribution in [0.5, 0.6) is 22.3 Å². The highest BCUT2D eigenvalue weighted by atomic mass is 32.1. The minimum Gasteiger partial charge on any atom is -0.496 e. The summed E-state index contributed by atoms with van der Waals surface area (Å²) in [5.74, 6) is 0.591. The summed E-state index contributed by atoms with van der Waals surface area (Å²) in [6, 6.07) is 5.42. The summed E-state index contributed by atoms with van der Waals surface area (Å²) in [6.07, 6.45) is 0.323. The van der Waals surface area contributed by atoms with Crippen LogP contribution in [-0.2, 0) is 9.53 Å². The van der Waals surface area contributed by atoms with E-state index in [0.717, 1.165) is 18.5 Å². The number of nitrogens with zero attached hydrogens (tertiary/aromatic N) is 1. The van der Waals surface area contributed by atoms with Crippen LogP contribution < -0.4 is 14.2 Å². The molecule has 2 heterocycles. The predicted molar refractivity (Wildman–Crippen MR) is 114 cm³/mol. The van der Waals surface area contributed by atoms with Crippen molar-refractivity contribution in [3.63, 3.8) is 0 Å². The first-order valence-corrected chi connectivity index (χ1v) is 10.6. The van der Waals surface area contributed by atoms with Crippen LogP contribution in [-0.4, -0.2) is 57.1 Å². The zero-order chi connectivity index (χ0) is 21.8. The second-order valence-electron chi connectivity index (χ2n) is 7.29. The van der Waals surface area contributed by atoms with Gasteiger partial charge in [-0.15, -0.1) is 11.3 Å². The molecule has 162 valence electrons. The minimum absolute atomic E-state index is 0.181. The summed E-state index contributed by atoms with van der Waals surface area (Å²) < 4.78 is 23.1. The van der Waals surface area contributed by atoms with E-state index in [-0.39, 0.29) is 17.7 Å². The number of ether oxygens (including phenoxy) is 4. The SMILES string of the molecule is COc1cc(OC)c([C@H]2CCN(C)C[C@H]2OC(C)=O)c(Oc2cccs2)c1C(C)=O. The van der Waals surface area contributed by atoms with Crippen molar-refractivity contribution in [3.8, 4) is 22.3 Å². The zero-order valence-corrected chi connectivity index (χ0v) is 18.7. The quantitative estimate of drug-likeness (QED) is 0.480. The van der Waals surface area contributed by atoms with Crippen molar-refractivity contribution < 1.29 is 28.5 Å². The number of esters is 1. The maximum Gasteiger partial charge on any atom is 0.302 e. The third-order valence-corrected chi connectivity index (χ3v) is 5.93. The van der Waals surface area contributed by atoms with Gasteiger partial charge in [0, 0.05) is 31.0 Å². The van der Waals surface area contributed by atoms with E-state index < -0.39 is 6.10 Å². The summed E-state index contributed by atoms with van der Waals surface area (Å²) >= 11 is 1.42. The molecule has 1 aromatic heterocycles. The number of carbonyl (C=O) groups excluding carboxylic acids is 2. The van der Waals surface area contributed by atoms with Gasteiger partial charge in [0.2, 0.25) is 0 Å². The van der Waals surface area contributed by atoms with Crippen LogP contribution in [0.4, 0.5) is 0 Å². The topological polar surface area (TPSA) is 74.3 Å². The van der Waals surface area contributed by atoms with Gasteiger partial charge in [-0.3, -0.25) is 9.59 Å². The first kappa shape index (κ1) is 22.1. The molecule has 0 amide bonds. The number of hydrogen-bond donors (Lipinski definition) is 0. The Labute approximate surface area is 180 Å². The summed E-state index contributed by atoms with van der Waals surface area (Å²) in [7, 11) is 5.06. The molecule has 30 heavy (non-hydrogen) atoms. The Bertz CT molecular complexity index is 911. The van der Waals surface area contributed by atoms with E-state index in [1.54, 1.807) is 13.2 Å². The van der Waals surface area contributed by atoms with E-state index in [1.807, 2.05) is 24.6 Å². The minimum atomic E-state index is -0.394. The number of ketones is 1. The Hall–Kier alpha value is -2.58. The number of carbonyl (C=O) groups is 2. The molecule has 0 spiro atoms. The maximum atomic E-state index is 12.6. The number of thiophene rings is 1. The van der Waals surface area contributed by atoms with Crippen LogP contribution >= 0.6 is 11.3 Å². The van der Waals surface area contributed by atoms with E-state index in [9.17, 15) is 9.59 Å². The third kappa shape index (κ3) is 4.60. The van der Waals surface area contributed by atoms with Crippen molar-refractivity contribution in [1.29, 1.82) is 0 Å². The highest BCUT2D eigenvalue weighted by Crippen LogP contribution is 2.48. The number of likely N-dealkylation sites (N-methyl/N-ethyl adjacent to an activating group) is 1. The third-order valence-electron chi connectivity index (χ3n) is 5.19. The second kappa shape index (κ2) is 9.49. The van der Waals surface area contributed by atoms with E-state index in [0.29, 0.717) is 34.4 Å². The molecule has 8 heteroatoms. The lowest BCUT2D eigenvalue weighted by atomic mass is 9.84. The fraction of sp³-hybridized carbons (Fsp3) is 0.455. The average Bonchev–Trinajstić information content (AvgIpc) is 3.20. The fourth-order valence-electron chi connectivity index (χ4n) is 3.90. The monoisotopic (exact) mass is 433 g/mol. The van der Waals surface area contributed by atoms with Gasteiger partial charge in [-0.1, -0.05) is 0 Å². The van der Waals surface area contributed by atoms with Crippen molar-refractivity contribution in [2.75, 3.05) is 34.4 Å². The Morgan fingerprint density at radius 2 is 1.90 bits per heavy atom. The molecule has 2 aromatic rings. The van der Waals surface area contributed by atoms with E-state index >= 15 is 0 Å². The van der Waals surface area contributed by atoms with Crippen LogP contribution in [0.2, 0.25) is 0 Å². The molecule has 0 aliphatic carbocycles. The number of methoxy groups -OCH3 is 2. The van der Waals surface area contributed by atoms with Gasteiger partial charge in [0.05, 0.1) is 14.2 Å². The van der Waals surface area contributed by atoms with Gasteiger partial charge >= 0.3 is 5.97 Å². The maximum absolute atomic E-state index is 12.6. The smallest absolute Gasteiger partial charge is 0.302 e. The van der Waals surface area contributed by atoms with Gasteiger partial charge in [0.25, 0.3) is 0 Å². The molecule has 3 rings (SSSR count). The molecule has 1 fully saturated rings. The highest BCUT2D eigenvalue weighted by molar-refractivity contribution is 7.11. The molecule has 2 atom stereocenters. The summed E-state index contributed by atoms with van der Waals surface area (Å²) in [6.45, 7) is 4.27.